The first-order valence-corrected chi connectivity index (χ1v) is 7.88. The Morgan fingerprint density at radius 2 is 1.21 bits per heavy atom. The summed E-state index contributed by atoms with van der Waals surface area (Å²) in [6.45, 7) is 0. The molecule has 0 aromatic carbocycles. The summed E-state index contributed by atoms with van der Waals surface area (Å²) in [6, 6.07) is -0.940. The molecule has 4 heteroatoms. The van der Waals surface area contributed by atoms with Gasteiger partial charge in [-0.2, -0.15) is 0 Å². The molecule has 110 valence electrons. The smallest absolute Gasteiger partial charge is 0.270 e. The lowest BCUT2D eigenvalue weighted by molar-refractivity contribution is -0.508. The third kappa shape index (κ3) is 7.28. The van der Waals surface area contributed by atoms with Crippen molar-refractivity contribution in [2.24, 2.45) is 0 Å². The molecule has 1 aliphatic carbocycles. The molecule has 0 radical (unpaired) electrons. The van der Waals surface area contributed by atoms with E-state index in [0.717, 1.165) is 38.5 Å². The van der Waals surface area contributed by atoms with Gasteiger partial charge in [0.25, 0.3) is 6.04 Å². The summed E-state index contributed by atoms with van der Waals surface area (Å²) in [5.74, 6) is -0.153. The van der Waals surface area contributed by atoms with Gasteiger partial charge in [0.1, 0.15) is 0 Å². The molecule has 0 heterocycles. The van der Waals surface area contributed by atoms with Crippen molar-refractivity contribution in [3.8, 4) is 0 Å². The quantitative estimate of drug-likeness (QED) is 0.527. The van der Waals surface area contributed by atoms with Crippen molar-refractivity contribution in [1.29, 1.82) is 0 Å². The predicted molar refractivity (Wildman–Crippen MR) is 75.8 cm³/mol. The summed E-state index contributed by atoms with van der Waals surface area (Å²) in [4.78, 5) is 22.4. The number of hydrogen-bond acceptors (Lipinski definition) is 3. The summed E-state index contributed by atoms with van der Waals surface area (Å²) in [5, 5.41) is 10.9. The van der Waals surface area contributed by atoms with E-state index in [0.29, 0.717) is 12.8 Å². The lowest BCUT2D eigenvalue weighted by Crippen LogP contribution is -2.29. The van der Waals surface area contributed by atoms with E-state index in [9.17, 15) is 14.9 Å². The molecule has 0 aromatic heterocycles. The summed E-state index contributed by atoms with van der Waals surface area (Å²) < 4.78 is 0. The summed E-state index contributed by atoms with van der Waals surface area (Å²) in [7, 11) is 0. The van der Waals surface area contributed by atoms with Crippen LogP contribution in [0.4, 0.5) is 0 Å². The van der Waals surface area contributed by atoms with Gasteiger partial charge in [-0.15, -0.1) is 0 Å². The van der Waals surface area contributed by atoms with Crippen molar-refractivity contribution >= 4 is 5.78 Å². The van der Waals surface area contributed by atoms with Crippen molar-refractivity contribution in [2.45, 2.75) is 89.5 Å². The normalized spacial score (nSPS) is 25.3. The Morgan fingerprint density at radius 1 is 0.789 bits per heavy atom. The summed E-state index contributed by atoms with van der Waals surface area (Å²) >= 11 is 0. The highest BCUT2D eigenvalue weighted by Gasteiger charge is 2.27. The standard InChI is InChI=1S/C15H27NO3/c17-15-13-11-9-7-5-3-1-2-4-6-8-10-12-14(15)16(18)19/h14H,1-13H2. The third-order valence-corrected chi connectivity index (χ3v) is 4.03. The molecule has 0 aliphatic heterocycles. The Labute approximate surface area is 116 Å². The molecule has 0 spiro atoms. The van der Waals surface area contributed by atoms with Crippen LogP contribution in [0, 0.1) is 10.1 Å². The topological polar surface area (TPSA) is 60.2 Å². The number of nitro groups is 1. The second-order valence-electron chi connectivity index (χ2n) is 5.70. The van der Waals surface area contributed by atoms with Crippen LogP contribution >= 0.6 is 0 Å². The number of carbonyl (C=O) groups excluding carboxylic acids is 1. The van der Waals surface area contributed by atoms with Crippen LogP contribution < -0.4 is 0 Å². The highest BCUT2D eigenvalue weighted by Crippen LogP contribution is 2.16. The molecule has 0 N–H and O–H groups in total. The van der Waals surface area contributed by atoms with Gasteiger partial charge in [-0.1, -0.05) is 57.8 Å². The fraction of sp³-hybridized carbons (Fsp3) is 0.933. The molecule has 1 saturated carbocycles. The first kappa shape index (κ1) is 16.1. The SMILES string of the molecule is O=C1CCCCCCCCCCCCCC1[N+](=O)[O-]. The second kappa shape index (κ2) is 9.93. The average Bonchev–Trinajstić information content (AvgIpc) is 2.38. The van der Waals surface area contributed by atoms with Gasteiger partial charge in [-0.25, -0.2) is 0 Å². The maximum Gasteiger partial charge on any atom is 0.270 e. The van der Waals surface area contributed by atoms with Crippen molar-refractivity contribution in [3.63, 3.8) is 0 Å². The number of Topliss-reactive ketones (excluding diaryl/α,β-unsaturated/α-hetero) is 1. The molecule has 1 rings (SSSR count). The van der Waals surface area contributed by atoms with Crippen LogP contribution in [-0.4, -0.2) is 16.7 Å². The van der Waals surface area contributed by atoms with E-state index < -0.39 is 6.04 Å². The van der Waals surface area contributed by atoms with Gasteiger partial charge in [0.2, 0.25) is 5.78 Å². The molecule has 1 fully saturated rings. The van der Waals surface area contributed by atoms with E-state index in [1.165, 1.54) is 32.1 Å². The Kier molecular flexibility index (Phi) is 8.43. The van der Waals surface area contributed by atoms with E-state index in [4.69, 9.17) is 0 Å². The Balaban J connectivity index is 2.41. The van der Waals surface area contributed by atoms with Gasteiger partial charge < -0.3 is 0 Å². The van der Waals surface area contributed by atoms with Gasteiger partial charge >= 0.3 is 0 Å². The van der Waals surface area contributed by atoms with Crippen LogP contribution in [0.5, 0.6) is 0 Å². The highest BCUT2D eigenvalue weighted by atomic mass is 16.6. The second-order valence-corrected chi connectivity index (χ2v) is 5.70. The Bertz CT molecular complexity index is 279. The molecule has 0 aromatic rings. The first-order chi connectivity index (χ1) is 9.22. The molecule has 4 nitrogen and oxygen atoms in total. The molecule has 0 bridgehead atoms. The van der Waals surface area contributed by atoms with Crippen LogP contribution in [0.1, 0.15) is 83.5 Å². The zero-order valence-electron chi connectivity index (χ0n) is 11.9. The first-order valence-electron chi connectivity index (χ1n) is 7.88. The molecular formula is C15H27NO3. The third-order valence-electron chi connectivity index (χ3n) is 4.03. The monoisotopic (exact) mass is 269 g/mol. The van der Waals surface area contributed by atoms with Crippen molar-refractivity contribution in [2.75, 3.05) is 0 Å². The lowest BCUT2D eigenvalue weighted by Gasteiger charge is -2.08. The zero-order valence-corrected chi connectivity index (χ0v) is 11.9. The van der Waals surface area contributed by atoms with Gasteiger partial charge in [0.05, 0.1) is 0 Å². The van der Waals surface area contributed by atoms with E-state index in [1.54, 1.807) is 0 Å². The fourth-order valence-corrected chi connectivity index (χ4v) is 2.78. The summed E-state index contributed by atoms with van der Waals surface area (Å²) in [6.07, 6.45) is 13.2. The maximum absolute atomic E-state index is 11.9. The van der Waals surface area contributed by atoms with Crippen LogP contribution in [0.3, 0.4) is 0 Å². The largest absolute Gasteiger partial charge is 0.292 e. The Morgan fingerprint density at radius 3 is 1.68 bits per heavy atom. The predicted octanol–water partition coefficient (Wildman–Crippen LogP) is 4.29. The minimum atomic E-state index is -0.940. The van der Waals surface area contributed by atoms with Crippen LogP contribution in [0.2, 0.25) is 0 Å². The maximum atomic E-state index is 11.9. The number of rotatable bonds is 1. The van der Waals surface area contributed by atoms with E-state index in [1.807, 2.05) is 0 Å². The van der Waals surface area contributed by atoms with E-state index >= 15 is 0 Å². The number of hydrogen-bond donors (Lipinski definition) is 0. The van der Waals surface area contributed by atoms with E-state index in [-0.39, 0.29) is 10.7 Å². The molecule has 0 saturated heterocycles. The van der Waals surface area contributed by atoms with E-state index in [2.05, 4.69) is 0 Å². The minimum absolute atomic E-state index is 0.153. The average molecular weight is 269 g/mol. The van der Waals surface area contributed by atoms with Crippen LogP contribution in [-0.2, 0) is 4.79 Å². The Hall–Kier alpha value is -0.930. The fourth-order valence-electron chi connectivity index (χ4n) is 2.78. The molecular weight excluding hydrogens is 242 g/mol. The molecule has 1 atom stereocenters. The minimum Gasteiger partial charge on any atom is -0.292 e. The van der Waals surface area contributed by atoms with Gasteiger partial charge in [0.15, 0.2) is 0 Å². The summed E-state index contributed by atoms with van der Waals surface area (Å²) in [5.41, 5.74) is 0. The van der Waals surface area contributed by atoms with Gasteiger partial charge in [-0.05, 0) is 12.8 Å². The number of nitrogens with zero attached hydrogens (tertiary/aromatic N) is 1. The van der Waals surface area contributed by atoms with Crippen molar-refractivity contribution < 1.29 is 9.72 Å². The molecule has 1 unspecified atom stereocenters. The van der Waals surface area contributed by atoms with Crippen molar-refractivity contribution in [3.05, 3.63) is 10.1 Å². The zero-order chi connectivity index (χ0) is 13.9. The number of ketones is 1. The molecule has 0 amide bonds. The molecule has 19 heavy (non-hydrogen) atoms. The highest BCUT2D eigenvalue weighted by molar-refractivity contribution is 5.82. The van der Waals surface area contributed by atoms with Gasteiger partial charge in [-0.3, -0.25) is 14.9 Å². The van der Waals surface area contributed by atoms with Gasteiger partial charge in [0, 0.05) is 17.8 Å². The molecule has 1 aliphatic rings. The lowest BCUT2D eigenvalue weighted by atomic mass is 10.00. The van der Waals surface area contributed by atoms with Crippen LogP contribution in [0.25, 0.3) is 0 Å². The van der Waals surface area contributed by atoms with Crippen molar-refractivity contribution in [1.82, 2.24) is 0 Å². The van der Waals surface area contributed by atoms with Crippen LogP contribution in [0.15, 0.2) is 0 Å². The number of carbonyl (C=O) groups is 1.